The summed E-state index contributed by atoms with van der Waals surface area (Å²) in [6, 6.07) is 10.1. The van der Waals surface area contributed by atoms with Crippen molar-refractivity contribution in [1.29, 1.82) is 0 Å². The van der Waals surface area contributed by atoms with Gasteiger partial charge in [-0.1, -0.05) is 12.1 Å². The summed E-state index contributed by atoms with van der Waals surface area (Å²) < 4.78 is 1.99. The Morgan fingerprint density at radius 3 is 2.59 bits per heavy atom. The van der Waals surface area contributed by atoms with Crippen LogP contribution in [0, 0.1) is 19.8 Å². The molecule has 2 aromatic rings. The van der Waals surface area contributed by atoms with Crippen molar-refractivity contribution in [2.75, 3.05) is 26.7 Å². The van der Waals surface area contributed by atoms with Crippen LogP contribution in [-0.2, 0) is 6.54 Å². The van der Waals surface area contributed by atoms with Crippen LogP contribution in [0.5, 0.6) is 0 Å². The lowest BCUT2D eigenvalue weighted by molar-refractivity contribution is 0.0687. The molecule has 1 fully saturated rings. The number of hydrogen-bond acceptors (Lipinski definition) is 3. The number of hydrogen-bond donors (Lipinski definition) is 1. The maximum Gasteiger partial charge on any atom is 0.253 e. The summed E-state index contributed by atoms with van der Waals surface area (Å²) in [6.07, 6.45) is 3.42. The first-order chi connectivity index (χ1) is 12.6. The minimum absolute atomic E-state index is 0. The minimum atomic E-state index is 0. The predicted molar refractivity (Wildman–Crippen MR) is 112 cm³/mol. The van der Waals surface area contributed by atoms with E-state index in [0.717, 1.165) is 60.9 Å². The number of rotatable bonds is 6. The van der Waals surface area contributed by atoms with Gasteiger partial charge < -0.3 is 10.2 Å². The molecule has 0 bridgehead atoms. The molecule has 0 unspecified atom stereocenters. The van der Waals surface area contributed by atoms with Crippen LogP contribution in [0.2, 0.25) is 0 Å². The van der Waals surface area contributed by atoms with E-state index in [1.165, 1.54) is 6.42 Å². The van der Waals surface area contributed by atoms with E-state index in [1.807, 2.05) is 41.8 Å². The highest BCUT2D eigenvalue weighted by atomic mass is 35.5. The summed E-state index contributed by atoms with van der Waals surface area (Å²) in [5.41, 5.74) is 4.07. The highest BCUT2D eigenvalue weighted by Crippen LogP contribution is 2.22. The molecule has 3 rings (SSSR count). The monoisotopic (exact) mass is 390 g/mol. The molecule has 0 spiro atoms. The van der Waals surface area contributed by atoms with E-state index in [2.05, 4.69) is 29.5 Å². The van der Waals surface area contributed by atoms with Crippen LogP contribution in [0.4, 0.5) is 0 Å². The number of aromatic nitrogens is 2. The fourth-order valence-electron chi connectivity index (χ4n) is 3.77. The third-order valence-electron chi connectivity index (χ3n) is 5.31. The zero-order chi connectivity index (χ0) is 18.5. The van der Waals surface area contributed by atoms with E-state index in [9.17, 15) is 4.79 Å². The van der Waals surface area contributed by atoms with Crippen LogP contribution in [0.15, 0.2) is 30.3 Å². The number of halogens is 1. The van der Waals surface area contributed by atoms with Gasteiger partial charge in [-0.15, -0.1) is 12.4 Å². The van der Waals surface area contributed by atoms with Crippen molar-refractivity contribution < 1.29 is 4.79 Å². The molecule has 1 aromatic carbocycles. The van der Waals surface area contributed by atoms with Crippen molar-refractivity contribution >= 4 is 18.3 Å². The number of nitrogens with one attached hydrogen (secondary N) is 1. The number of nitrogens with zero attached hydrogens (tertiary/aromatic N) is 3. The van der Waals surface area contributed by atoms with Gasteiger partial charge in [-0.05, 0) is 76.4 Å². The summed E-state index contributed by atoms with van der Waals surface area (Å²) in [7, 11) is 2.00. The molecule has 0 saturated carbocycles. The third-order valence-corrected chi connectivity index (χ3v) is 5.31. The Balaban J connectivity index is 0.00000261. The number of carbonyl (C=O) groups is 1. The lowest BCUT2D eigenvalue weighted by atomic mass is 9.93. The molecule has 1 aromatic heterocycles. The van der Waals surface area contributed by atoms with Gasteiger partial charge in [0.1, 0.15) is 0 Å². The molecule has 27 heavy (non-hydrogen) atoms. The Hall–Kier alpha value is -1.85. The highest BCUT2D eigenvalue weighted by Gasteiger charge is 2.23. The van der Waals surface area contributed by atoms with E-state index < -0.39 is 0 Å². The average Bonchev–Trinajstić information content (AvgIpc) is 2.97. The standard InChI is InChI=1S/C21H30N4O.ClH/c1-16-13-17(2)25(23-16)15-19-5-4-6-20(14-19)21(26)24-11-8-18(9-12-24)7-10-22-3;/h4-6,13-14,18,22H,7-12,15H2,1-3H3;1H. The SMILES string of the molecule is CNCCC1CCN(C(=O)c2cccc(Cn3nc(C)cc3C)c2)CC1.Cl. The second-order valence-electron chi connectivity index (χ2n) is 7.41. The van der Waals surface area contributed by atoms with Crippen LogP contribution in [0.25, 0.3) is 0 Å². The molecule has 6 heteroatoms. The number of benzene rings is 1. The van der Waals surface area contributed by atoms with Crippen molar-refractivity contribution in [1.82, 2.24) is 20.0 Å². The van der Waals surface area contributed by atoms with Gasteiger partial charge in [0, 0.05) is 24.3 Å². The molecular formula is C21H31ClN4O. The zero-order valence-corrected chi connectivity index (χ0v) is 17.4. The lowest BCUT2D eigenvalue weighted by Gasteiger charge is -2.32. The predicted octanol–water partition coefficient (Wildman–Crippen LogP) is 3.43. The number of aryl methyl sites for hydroxylation is 2. The molecule has 0 radical (unpaired) electrons. The topological polar surface area (TPSA) is 50.2 Å². The molecule has 1 N–H and O–H groups in total. The van der Waals surface area contributed by atoms with Gasteiger partial charge in [-0.2, -0.15) is 5.10 Å². The smallest absolute Gasteiger partial charge is 0.253 e. The summed E-state index contributed by atoms with van der Waals surface area (Å²) >= 11 is 0. The summed E-state index contributed by atoms with van der Waals surface area (Å²) in [6.45, 7) is 7.57. The van der Waals surface area contributed by atoms with E-state index in [1.54, 1.807) is 0 Å². The number of amides is 1. The fourth-order valence-corrected chi connectivity index (χ4v) is 3.77. The Bertz CT molecular complexity index is 750. The van der Waals surface area contributed by atoms with Crippen molar-refractivity contribution in [3.8, 4) is 0 Å². The van der Waals surface area contributed by atoms with E-state index >= 15 is 0 Å². The van der Waals surface area contributed by atoms with Crippen molar-refractivity contribution in [3.63, 3.8) is 0 Å². The van der Waals surface area contributed by atoms with Crippen LogP contribution in [-0.4, -0.2) is 47.3 Å². The van der Waals surface area contributed by atoms with Crippen molar-refractivity contribution in [2.24, 2.45) is 5.92 Å². The van der Waals surface area contributed by atoms with Crippen LogP contribution >= 0.6 is 12.4 Å². The van der Waals surface area contributed by atoms with Crippen LogP contribution in [0.1, 0.15) is 46.6 Å². The quantitative estimate of drug-likeness (QED) is 0.822. The Kier molecular flexibility index (Phi) is 7.87. The van der Waals surface area contributed by atoms with Crippen LogP contribution in [0.3, 0.4) is 0 Å². The first kappa shape index (κ1) is 21.5. The Morgan fingerprint density at radius 1 is 1.22 bits per heavy atom. The van der Waals surface area contributed by atoms with Gasteiger partial charge in [-0.25, -0.2) is 0 Å². The maximum atomic E-state index is 12.9. The number of piperidine rings is 1. The van der Waals surface area contributed by atoms with Gasteiger partial charge in [0.25, 0.3) is 5.91 Å². The molecule has 0 atom stereocenters. The molecule has 1 saturated heterocycles. The van der Waals surface area contributed by atoms with Crippen molar-refractivity contribution in [2.45, 2.75) is 39.7 Å². The fraction of sp³-hybridized carbons (Fsp3) is 0.524. The number of carbonyl (C=O) groups excluding carboxylic acids is 1. The molecule has 1 amide bonds. The van der Waals surface area contributed by atoms with Gasteiger partial charge in [0.15, 0.2) is 0 Å². The average molecular weight is 391 g/mol. The normalized spacial score (nSPS) is 14.9. The molecule has 148 valence electrons. The summed E-state index contributed by atoms with van der Waals surface area (Å²) in [5, 5.41) is 7.74. The molecule has 2 heterocycles. The third kappa shape index (κ3) is 5.56. The van der Waals surface area contributed by atoms with Crippen molar-refractivity contribution in [3.05, 3.63) is 52.8 Å². The number of likely N-dealkylation sites (tertiary alicyclic amines) is 1. The van der Waals surface area contributed by atoms with E-state index in [-0.39, 0.29) is 18.3 Å². The molecule has 5 nitrogen and oxygen atoms in total. The van der Waals surface area contributed by atoms with Crippen LogP contribution < -0.4 is 5.32 Å². The summed E-state index contributed by atoms with van der Waals surface area (Å²) in [4.78, 5) is 14.9. The summed E-state index contributed by atoms with van der Waals surface area (Å²) in [5.74, 6) is 0.899. The molecular weight excluding hydrogens is 360 g/mol. The molecule has 0 aliphatic carbocycles. The second-order valence-corrected chi connectivity index (χ2v) is 7.41. The highest BCUT2D eigenvalue weighted by molar-refractivity contribution is 5.94. The first-order valence-corrected chi connectivity index (χ1v) is 9.60. The Morgan fingerprint density at radius 2 is 1.96 bits per heavy atom. The lowest BCUT2D eigenvalue weighted by Crippen LogP contribution is -2.39. The maximum absolute atomic E-state index is 12.9. The van der Waals surface area contributed by atoms with E-state index in [4.69, 9.17) is 0 Å². The first-order valence-electron chi connectivity index (χ1n) is 9.60. The molecule has 1 aliphatic rings. The van der Waals surface area contributed by atoms with Gasteiger partial charge >= 0.3 is 0 Å². The minimum Gasteiger partial charge on any atom is -0.339 e. The second kappa shape index (κ2) is 9.90. The van der Waals surface area contributed by atoms with Gasteiger partial charge in [0.2, 0.25) is 0 Å². The largest absolute Gasteiger partial charge is 0.339 e. The van der Waals surface area contributed by atoms with E-state index in [0.29, 0.717) is 6.54 Å². The van der Waals surface area contributed by atoms with Gasteiger partial charge in [0.05, 0.1) is 12.2 Å². The zero-order valence-electron chi connectivity index (χ0n) is 16.6. The Labute approximate surface area is 168 Å². The molecule has 1 aliphatic heterocycles. The van der Waals surface area contributed by atoms with Gasteiger partial charge in [-0.3, -0.25) is 9.48 Å².